The lowest BCUT2D eigenvalue weighted by atomic mass is 10.1. The molecular formula is C16H21N5O3. The number of rotatable bonds is 4. The van der Waals surface area contributed by atoms with E-state index < -0.39 is 0 Å². The van der Waals surface area contributed by atoms with E-state index in [1.807, 2.05) is 12.1 Å². The topological polar surface area (TPSA) is 109 Å². The summed E-state index contributed by atoms with van der Waals surface area (Å²) in [7, 11) is 4.78. The van der Waals surface area contributed by atoms with Crippen molar-refractivity contribution in [3.8, 4) is 17.2 Å². The van der Waals surface area contributed by atoms with Crippen LogP contribution in [0.2, 0.25) is 0 Å². The van der Waals surface area contributed by atoms with Crippen molar-refractivity contribution in [2.45, 2.75) is 13.0 Å². The fraction of sp³-hybridized carbons (Fsp3) is 0.375. The zero-order valence-electron chi connectivity index (χ0n) is 14.0. The van der Waals surface area contributed by atoms with E-state index in [0.717, 1.165) is 29.9 Å². The minimum atomic E-state index is 0.215. The summed E-state index contributed by atoms with van der Waals surface area (Å²) in [6, 6.07) is 3.83. The molecule has 1 aromatic carbocycles. The highest BCUT2D eigenvalue weighted by Crippen LogP contribution is 2.42. The van der Waals surface area contributed by atoms with Crippen molar-refractivity contribution in [2.75, 3.05) is 44.2 Å². The molecule has 0 spiro atoms. The Morgan fingerprint density at radius 2 is 1.67 bits per heavy atom. The highest BCUT2D eigenvalue weighted by molar-refractivity contribution is 5.65. The Kier molecular flexibility index (Phi) is 4.20. The smallest absolute Gasteiger partial charge is 0.222 e. The largest absolute Gasteiger partial charge is 0.493 e. The lowest BCUT2D eigenvalue weighted by Gasteiger charge is -2.31. The zero-order valence-corrected chi connectivity index (χ0v) is 14.0. The Labute approximate surface area is 140 Å². The molecule has 0 aliphatic carbocycles. The number of nitrogen functional groups attached to an aromatic ring is 2. The second-order valence-electron chi connectivity index (χ2n) is 5.45. The number of anilines is 3. The molecule has 0 bridgehead atoms. The van der Waals surface area contributed by atoms with Crippen LogP contribution in [0.15, 0.2) is 12.1 Å². The molecule has 4 N–H and O–H groups in total. The molecule has 8 nitrogen and oxygen atoms in total. The molecule has 8 heteroatoms. The van der Waals surface area contributed by atoms with Gasteiger partial charge in [0.25, 0.3) is 0 Å². The second kappa shape index (κ2) is 6.31. The number of hydrogen-bond donors (Lipinski definition) is 2. The maximum Gasteiger partial charge on any atom is 0.222 e. The number of fused-ring (bicyclic) bond motifs is 1. The van der Waals surface area contributed by atoms with Gasteiger partial charge in [-0.05, 0) is 0 Å². The first-order valence-corrected chi connectivity index (χ1v) is 7.53. The first-order chi connectivity index (χ1) is 11.6. The SMILES string of the molecule is COc1cc(N2CCc3nc(N)nc(N)c3C2)cc(OC)c1OC. The van der Waals surface area contributed by atoms with E-state index in [4.69, 9.17) is 25.7 Å². The lowest BCUT2D eigenvalue weighted by Crippen LogP contribution is -2.32. The maximum absolute atomic E-state index is 6.01. The molecule has 128 valence electrons. The summed E-state index contributed by atoms with van der Waals surface area (Å²) in [5.41, 5.74) is 14.4. The van der Waals surface area contributed by atoms with Gasteiger partial charge in [0.15, 0.2) is 11.5 Å². The van der Waals surface area contributed by atoms with Gasteiger partial charge in [0, 0.05) is 42.9 Å². The monoisotopic (exact) mass is 331 g/mol. The van der Waals surface area contributed by atoms with Crippen molar-refractivity contribution in [2.24, 2.45) is 0 Å². The molecule has 0 radical (unpaired) electrons. The van der Waals surface area contributed by atoms with Crippen LogP contribution < -0.4 is 30.6 Å². The van der Waals surface area contributed by atoms with Crippen LogP contribution in [0, 0.1) is 0 Å². The average molecular weight is 331 g/mol. The van der Waals surface area contributed by atoms with Crippen molar-refractivity contribution >= 4 is 17.5 Å². The van der Waals surface area contributed by atoms with Crippen LogP contribution in [0.1, 0.15) is 11.3 Å². The molecule has 1 aliphatic rings. The van der Waals surface area contributed by atoms with Gasteiger partial charge in [-0.3, -0.25) is 0 Å². The normalized spacial score (nSPS) is 13.4. The predicted molar refractivity (Wildman–Crippen MR) is 91.7 cm³/mol. The molecular weight excluding hydrogens is 310 g/mol. The summed E-state index contributed by atoms with van der Waals surface area (Å²) in [5, 5.41) is 0. The Balaban J connectivity index is 1.98. The third-order valence-electron chi connectivity index (χ3n) is 4.12. The van der Waals surface area contributed by atoms with Gasteiger partial charge in [-0.2, -0.15) is 4.98 Å². The summed E-state index contributed by atoms with van der Waals surface area (Å²) in [6.07, 6.45) is 0.739. The molecule has 0 atom stereocenters. The third kappa shape index (κ3) is 2.70. The van der Waals surface area contributed by atoms with Crippen molar-refractivity contribution in [3.63, 3.8) is 0 Å². The van der Waals surface area contributed by atoms with E-state index in [2.05, 4.69) is 14.9 Å². The van der Waals surface area contributed by atoms with E-state index >= 15 is 0 Å². The Bertz CT molecular complexity index is 741. The summed E-state index contributed by atoms with van der Waals surface area (Å²) < 4.78 is 16.2. The van der Waals surface area contributed by atoms with Crippen molar-refractivity contribution < 1.29 is 14.2 Å². The van der Waals surface area contributed by atoms with E-state index in [1.54, 1.807) is 21.3 Å². The van der Waals surface area contributed by atoms with Crippen LogP contribution in [0.5, 0.6) is 17.2 Å². The molecule has 0 unspecified atom stereocenters. The fourth-order valence-electron chi connectivity index (χ4n) is 2.93. The Morgan fingerprint density at radius 1 is 1.00 bits per heavy atom. The summed E-state index contributed by atoms with van der Waals surface area (Å²) >= 11 is 0. The van der Waals surface area contributed by atoms with Crippen LogP contribution in [-0.2, 0) is 13.0 Å². The predicted octanol–water partition coefficient (Wildman–Crippen LogP) is 1.23. The van der Waals surface area contributed by atoms with E-state index in [-0.39, 0.29) is 5.95 Å². The van der Waals surface area contributed by atoms with Crippen LogP contribution in [0.25, 0.3) is 0 Å². The quantitative estimate of drug-likeness (QED) is 0.861. The van der Waals surface area contributed by atoms with Gasteiger partial charge < -0.3 is 30.6 Å². The van der Waals surface area contributed by atoms with Gasteiger partial charge in [-0.1, -0.05) is 0 Å². The van der Waals surface area contributed by atoms with Crippen molar-refractivity contribution in [1.29, 1.82) is 0 Å². The molecule has 2 heterocycles. The molecule has 0 saturated heterocycles. The summed E-state index contributed by atoms with van der Waals surface area (Å²) in [4.78, 5) is 10.5. The lowest BCUT2D eigenvalue weighted by molar-refractivity contribution is 0.324. The number of methoxy groups -OCH3 is 3. The van der Waals surface area contributed by atoms with E-state index in [0.29, 0.717) is 29.6 Å². The van der Waals surface area contributed by atoms with E-state index in [1.165, 1.54) is 0 Å². The van der Waals surface area contributed by atoms with Gasteiger partial charge >= 0.3 is 0 Å². The maximum atomic E-state index is 6.01. The second-order valence-corrected chi connectivity index (χ2v) is 5.45. The molecule has 24 heavy (non-hydrogen) atoms. The van der Waals surface area contributed by atoms with Crippen LogP contribution in [-0.4, -0.2) is 37.8 Å². The number of aromatic nitrogens is 2. The first kappa shape index (κ1) is 16.0. The highest BCUT2D eigenvalue weighted by atomic mass is 16.5. The summed E-state index contributed by atoms with van der Waals surface area (Å²) in [6.45, 7) is 1.38. The molecule has 2 aromatic rings. The minimum absolute atomic E-state index is 0.215. The molecule has 1 aromatic heterocycles. The van der Waals surface area contributed by atoms with Gasteiger partial charge in [-0.25, -0.2) is 4.98 Å². The van der Waals surface area contributed by atoms with Crippen LogP contribution >= 0.6 is 0 Å². The van der Waals surface area contributed by atoms with Gasteiger partial charge in [0.1, 0.15) is 5.82 Å². The molecule has 0 saturated carbocycles. The molecule has 1 aliphatic heterocycles. The number of nitrogens with zero attached hydrogens (tertiary/aromatic N) is 3. The number of ether oxygens (including phenoxy) is 3. The minimum Gasteiger partial charge on any atom is -0.493 e. The standard InChI is InChI=1S/C16H21N5O3/c1-22-12-6-9(7-13(23-2)14(12)24-3)21-5-4-11-10(8-21)15(17)20-16(18)19-11/h6-7H,4-5,8H2,1-3H3,(H4,17,18,19,20). The zero-order chi connectivity index (χ0) is 17.3. The molecule has 0 amide bonds. The van der Waals surface area contributed by atoms with E-state index in [9.17, 15) is 0 Å². The van der Waals surface area contributed by atoms with Crippen molar-refractivity contribution in [3.05, 3.63) is 23.4 Å². The Morgan fingerprint density at radius 3 is 2.25 bits per heavy atom. The van der Waals surface area contributed by atoms with Gasteiger partial charge in [-0.15, -0.1) is 0 Å². The Hall–Kier alpha value is -2.90. The first-order valence-electron chi connectivity index (χ1n) is 7.53. The fourth-order valence-corrected chi connectivity index (χ4v) is 2.93. The van der Waals surface area contributed by atoms with Crippen molar-refractivity contribution in [1.82, 2.24) is 9.97 Å². The number of nitrogens with two attached hydrogens (primary N) is 2. The third-order valence-corrected chi connectivity index (χ3v) is 4.12. The number of hydrogen-bond acceptors (Lipinski definition) is 8. The average Bonchev–Trinajstić information content (AvgIpc) is 2.59. The van der Waals surface area contributed by atoms with Crippen LogP contribution in [0.3, 0.4) is 0 Å². The number of benzene rings is 1. The van der Waals surface area contributed by atoms with Gasteiger partial charge in [0.05, 0.1) is 27.0 Å². The highest BCUT2D eigenvalue weighted by Gasteiger charge is 2.23. The van der Waals surface area contributed by atoms with Gasteiger partial charge in [0.2, 0.25) is 11.7 Å². The van der Waals surface area contributed by atoms with Crippen LogP contribution in [0.4, 0.5) is 17.5 Å². The summed E-state index contributed by atoms with van der Waals surface area (Å²) in [5.74, 6) is 2.43. The molecule has 3 rings (SSSR count). The molecule has 0 fully saturated rings.